The van der Waals surface area contributed by atoms with Crippen LogP contribution < -0.4 is 4.74 Å². The Kier molecular flexibility index (Phi) is 1.16. The van der Waals surface area contributed by atoms with Gasteiger partial charge in [-0.1, -0.05) is 25.1 Å². The maximum absolute atomic E-state index is 5.41. The number of fused-ring (bicyclic) bond motifs is 1. The molecule has 0 saturated carbocycles. The smallest absolute Gasteiger partial charge is 0.122 e. The highest BCUT2D eigenvalue weighted by atomic mass is 16.5. The van der Waals surface area contributed by atoms with Crippen molar-refractivity contribution in [2.45, 2.75) is 12.8 Å². The minimum atomic E-state index is 0.580. The van der Waals surface area contributed by atoms with Gasteiger partial charge in [0.05, 0.1) is 6.61 Å². The minimum Gasteiger partial charge on any atom is -0.493 e. The van der Waals surface area contributed by atoms with Crippen LogP contribution in [0, 0.1) is 0 Å². The molecule has 1 aliphatic rings. The Morgan fingerprint density at radius 3 is 3.00 bits per heavy atom. The molecule has 1 aromatic carbocycles. The molecule has 2 rings (SSSR count). The summed E-state index contributed by atoms with van der Waals surface area (Å²) in [5.74, 6) is 1.64. The van der Waals surface area contributed by atoms with Gasteiger partial charge in [0, 0.05) is 11.5 Å². The van der Waals surface area contributed by atoms with Crippen molar-refractivity contribution in [3.8, 4) is 5.75 Å². The van der Waals surface area contributed by atoms with Gasteiger partial charge in [0.25, 0.3) is 0 Å². The van der Waals surface area contributed by atoms with Crippen molar-refractivity contribution < 1.29 is 4.74 Å². The SMILES string of the molecule is C[C@@H]1COc2ccccc21. The molecule has 0 bridgehead atoms. The van der Waals surface area contributed by atoms with Gasteiger partial charge in [-0.25, -0.2) is 0 Å². The second kappa shape index (κ2) is 2.01. The van der Waals surface area contributed by atoms with Crippen LogP contribution in [0.5, 0.6) is 5.75 Å². The van der Waals surface area contributed by atoms with Crippen LogP contribution in [-0.4, -0.2) is 6.61 Å². The van der Waals surface area contributed by atoms with Crippen LogP contribution in [0.25, 0.3) is 0 Å². The van der Waals surface area contributed by atoms with Gasteiger partial charge < -0.3 is 4.74 Å². The summed E-state index contributed by atoms with van der Waals surface area (Å²) in [6.07, 6.45) is 0. The summed E-state index contributed by atoms with van der Waals surface area (Å²) < 4.78 is 5.41. The maximum Gasteiger partial charge on any atom is 0.122 e. The third kappa shape index (κ3) is 0.703. The molecule has 0 unspecified atom stereocenters. The molecule has 52 valence electrons. The van der Waals surface area contributed by atoms with Crippen molar-refractivity contribution in [3.05, 3.63) is 29.8 Å². The van der Waals surface area contributed by atoms with E-state index in [0.717, 1.165) is 12.4 Å². The Morgan fingerprint density at radius 2 is 2.20 bits per heavy atom. The highest BCUT2D eigenvalue weighted by Crippen LogP contribution is 2.32. The van der Waals surface area contributed by atoms with Crippen LogP contribution in [0.3, 0.4) is 0 Å². The predicted molar refractivity (Wildman–Crippen MR) is 40.4 cm³/mol. The van der Waals surface area contributed by atoms with Crippen molar-refractivity contribution in [1.82, 2.24) is 0 Å². The summed E-state index contributed by atoms with van der Waals surface area (Å²) in [6, 6.07) is 8.23. The average Bonchev–Trinajstić information content (AvgIpc) is 2.34. The van der Waals surface area contributed by atoms with E-state index in [1.54, 1.807) is 0 Å². The van der Waals surface area contributed by atoms with Crippen molar-refractivity contribution >= 4 is 0 Å². The number of rotatable bonds is 0. The standard InChI is InChI=1S/C9H10O/c1-7-6-10-9-5-3-2-4-8(7)9/h2-5,7H,6H2,1H3/t7-/m1/s1. The summed E-state index contributed by atoms with van der Waals surface area (Å²) in [5, 5.41) is 0. The van der Waals surface area contributed by atoms with E-state index >= 15 is 0 Å². The molecule has 1 heteroatoms. The molecule has 0 N–H and O–H groups in total. The van der Waals surface area contributed by atoms with Gasteiger partial charge in [-0.2, -0.15) is 0 Å². The second-order valence-electron chi connectivity index (χ2n) is 2.75. The summed E-state index contributed by atoms with van der Waals surface area (Å²) in [6.45, 7) is 3.03. The van der Waals surface area contributed by atoms with Crippen LogP contribution in [-0.2, 0) is 0 Å². The molecule has 0 saturated heterocycles. The maximum atomic E-state index is 5.41. The second-order valence-corrected chi connectivity index (χ2v) is 2.75. The van der Waals surface area contributed by atoms with Crippen molar-refractivity contribution in [2.24, 2.45) is 0 Å². The first kappa shape index (κ1) is 5.78. The van der Waals surface area contributed by atoms with Gasteiger partial charge in [-0.15, -0.1) is 0 Å². The van der Waals surface area contributed by atoms with E-state index in [1.165, 1.54) is 5.56 Å². The van der Waals surface area contributed by atoms with E-state index in [9.17, 15) is 0 Å². The van der Waals surface area contributed by atoms with Crippen LogP contribution in [0.4, 0.5) is 0 Å². The molecule has 1 aliphatic heterocycles. The van der Waals surface area contributed by atoms with Gasteiger partial charge >= 0.3 is 0 Å². The molecule has 1 nitrogen and oxygen atoms in total. The fraction of sp³-hybridized carbons (Fsp3) is 0.333. The van der Waals surface area contributed by atoms with Crippen molar-refractivity contribution in [2.75, 3.05) is 6.61 Å². The summed E-state index contributed by atoms with van der Waals surface area (Å²) in [4.78, 5) is 0. The topological polar surface area (TPSA) is 9.23 Å². The Morgan fingerprint density at radius 1 is 1.40 bits per heavy atom. The number of hydrogen-bond donors (Lipinski definition) is 0. The van der Waals surface area contributed by atoms with Gasteiger partial charge in [-0.05, 0) is 6.07 Å². The molecule has 0 amide bonds. The molecule has 10 heavy (non-hydrogen) atoms. The molecule has 0 fully saturated rings. The zero-order valence-electron chi connectivity index (χ0n) is 6.00. The molecule has 0 spiro atoms. The van der Waals surface area contributed by atoms with E-state index in [4.69, 9.17) is 4.74 Å². The van der Waals surface area contributed by atoms with E-state index in [-0.39, 0.29) is 0 Å². The van der Waals surface area contributed by atoms with E-state index < -0.39 is 0 Å². The third-order valence-electron chi connectivity index (χ3n) is 1.94. The van der Waals surface area contributed by atoms with Crippen LogP contribution in [0.1, 0.15) is 18.4 Å². The first-order valence-corrected chi connectivity index (χ1v) is 3.59. The van der Waals surface area contributed by atoms with E-state index in [1.807, 2.05) is 12.1 Å². The number of para-hydroxylation sites is 1. The summed E-state index contributed by atoms with van der Waals surface area (Å²) in [7, 11) is 0. The Hall–Kier alpha value is -0.980. The van der Waals surface area contributed by atoms with Gasteiger partial charge in [0.1, 0.15) is 5.75 Å². The quantitative estimate of drug-likeness (QED) is 0.528. The predicted octanol–water partition coefficient (Wildman–Crippen LogP) is 2.18. The molecular weight excluding hydrogens is 124 g/mol. The highest BCUT2D eigenvalue weighted by molar-refractivity contribution is 5.38. The highest BCUT2D eigenvalue weighted by Gasteiger charge is 2.17. The van der Waals surface area contributed by atoms with Crippen LogP contribution in [0.2, 0.25) is 0 Å². The summed E-state index contributed by atoms with van der Waals surface area (Å²) >= 11 is 0. The lowest BCUT2D eigenvalue weighted by Crippen LogP contribution is -1.93. The fourth-order valence-electron chi connectivity index (χ4n) is 1.32. The molecular formula is C9H10O. The molecule has 1 aromatic rings. The minimum absolute atomic E-state index is 0.580. The Balaban J connectivity index is 2.51. The summed E-state index contributed by atoms with van der Waals surface area (Å²) in [5.41, 5.74) is 1.35. The van der Waals surface area contributed by atoms with Crippen LogP contribution >= 0.6 is 0 Å². The normalized spacial score (nSPS) is 21.9. The largest absolute Gasteiger partial charge is 0.493 e. The zero-order valence-corrected chi connectivity index (χ0v) is 6.00. The first-order valence-electron chi connectivity index (χ1n) is 3.59. The van der Waals surface area contributed by atoms with E-state index in [0.29, 0.717) is 5.92 Å². The Bertz CT molecular complexity index is 242. The molecule has 0 radical (unpaired) electrons. The number of hydrogen-bond acceptors (Lipinski definition) is 1. The molecule has 1 heterocycles. The van der Waals surface area contributed by atoms with Gasteiger partial charge in [0.15, 0.2) is 0 Å². The monoisotopic (exact) mass is 134 g/mol. The van der Waals surface area contributed by atoms with Crippen molar-refractivity contribution in [1.29, 1.82) is 0 Å². The van der Waals surface area contributed by atoms with Crippen LogP contribution in [0.15, 0.2) is 24.3 Å². The number of benzene rings is 1. The number of ether oxygens (including phenoxy) is 1. The lowest BCUT2D eigenvalue weighted by atomic mass is 10.0. The lowest BCUT2D eigenvalue weighted by Gasteiger charge is -1.96. The van der Waals surface area contributed by atoms with Crippen molar-refractivity contribution in [3.63, 3.8) is 0 Å². The first-order chi connectivity index (χ1) is 4.88. The molecule has 0 aliphatic carbocycles. The zero-order chi connectivity index (χ0) is 6.97. The molecule has 0 aromatic heterocycles. The third-order valence-corrected chi connectivity index (χ3v) is 1.94. The molecule has 1 atom stereocenters. The van der Waals surface area contributed by atoms with E-state index in [2.05, 4.69) is 19.1 Å². The van der Waals surface area contributed by atoms with Gasteiger partial charge in [0.2, 0.25) is 0 Å². The van der Waals surface area contributed by atoms with Gasteiger partial charge in [-0.3, -0.25) is 0 Å². The Labute approximate surface area is 60.6 Å². The average molecular weight is 134 g/mol. The fourth-order valence-corrected chi connectivity index (χ4v) is 1.32. The lowest BCUT2D eigenvalue weighted by molar-refractivity contribution is 0.337.